The number of nitrogens with one attached hydrogen (secondary N) is 2. The van der Waals surface area contributed by atoms with Gasteiger partial charge in [-0.05, 0) is 44.9 Å². The summed E-state index contributed by atoms with van der Waals surface area (Å²) in [6.07, 6.45) is 2.37. The molecule has 9 nitrogen and oxygen atoms in total. The first-order valence-corrected chi connectivity index (χ1v) is 8.55. The Bertz CT molecular complexity index is 970. The lowest BCUT2D eigenvalue weighted by molar-refractivity contribution is -0.121. The SMILES string of the molecule is Cc1nc(=O)[nH]c(C)c1CCC(=O)N[C@@H](C)c1nc(-c2ccccn2)no1. The summed E-state index contributed by atoms with van der Waals surface area (Å²) in [4.78, 5) is 38.6. The predicted octanol–water partition coefficient (Wildman–Crippen LogP) is 1.64. The number of rotatable bonds is 6. The Kier molecular flexibility index (Phi) is 5.39. The summed E-state index contributed by atoms with van der Waals surface area (Å²) < 4.78 is 5.23. The Morgan fingerprint density at radius 2 is 2.11 bits per heavy atom. The molecule has 3 heterocycles. The zero-order valence-corrected chi connectivity index (χ0v) is 15.3. The van der Waals surface area contributed by atoms with Gasteiger partial charge in [-0.25, -0.2) is 4.79 Å². The number of carbonyl (C=O) groups is 1. The van der Waals surface area contributed by atoms with Gasteiger partial charge in [0.25, 0.3) is 0 Å². The maximum Gasteiger partial charge on any atom is 0.345 e. The molecule has 2 N–H and O–H groups in total. The van der Waals surface area contributed by atoms with E-state index in [-0.39, 0.29) is 18.0 Å². The molecule has 0 spiro atoms. The second-order valence-corrected chi connectivity index (χ2v) is 6.19. The second-order valence-electron chi connectivity index (χ2n) is 6.19. The van der Waals surface area contributed by atoms with Crippen LogP contribution in [0.15, 0.2) is 33.7 Å². The Balaban J connectivity index is 1.60. The highest BCUT2D eigenvalue weighted by atomic mass is 16.5. The first kappa shape index (κ1) is 18.4. The molecule has 140 valence electrons. The smallest absolute Gasteiger partial charge is 0.345 e. The normalized spacial score (nSPS) is 12.0. The highest BCUT2D eigenvalue weighted by Crippen LogP contribution is 2.17. The van der Waals surface area contributed by atoms with Gasteiger partial charge in [-0.3, -0.25) is 9.78 Å². The molecule has 9 heteroatoms. The lowest BCUT2D eigenvalue weighted by atomic mass is 10.1. The number of H-pyrrole nitrogens is 1. The number of pyridine rings is 1. The van der Waals surface area contributed by atoms with Crippen LogP contribution in [0.4, 0.5) is 0 Å². The number of nitrogens with zero attached hydrogens (tertiary/aromatic N) is 4. The van der Waals surface area contributed by atoms with E-state index in [1.54, 1.807) is 39.1 Å². The summed E-state index contributed by atoms with van der Waals surface area (Å²) in [7, 11) is 0. The van der Waals surface area contributed by atoms with E-state index in [1.807, 2.05) is 6.07 Å². The summed E-state index contributed by atoms with van der Waals surface area (Å²) in [5, 5.41) is 6.73. The zero-order valence-electron chi connectivity index (χ0n) is 15.3. The Morgan fingerprint density at radius 1 is 1.30 bits per heavy atom. The molecule has 0 fully saturated rings. The minimum Gasteiger partial charge on any atom is -0.345 e. The van der Waals surface area contributed by atoms with Crippen molar-refractivity contribution < 1.29 is 9.32 Å². The van der Waals surface area contributed by atoms with Crippen LogP contribution in [0.5, 0.6) is 0 Å². The summed E-state index contributed by atoms with van der Waals surface area (Å²) in [6, 6.07) is 4.98. The largest absolute Gasteiger partial charge is 0.345 e. The van der Waals surface area contributed by atoms with E-state index in [2.05, 4.69) is 30.4 Å². The third kappa shape index (κ3) is 4.43. The number of hydrogen-bond acceptors (Lipinski definition) is 7. The topological polar surface area (TPSA) is 127 Å². The molecule has 0 unspecified atom stereocenters. The van der Waals surface area contributed by atoms with Gasteiger partial charge in [0.1, 0.15) is 11.7 Å². The first-order valence-electron chi connectivity index (χ1n) is 8.55. The van der Waals surface area contributed by atoms with E-state index in [4.69, 9.17) is 4.52 Å². The highest BCUT2D eigenvalue weighted by Gasteiger charge is 2.18. The van der Waals surface area contributed by atoms with Crippen LogP contribution >= 0.6 is 0 Å². The molecule has 3 rings (SSSR count). The van der Waals surface area contributed by atoms with Crippen LogP contribution in [-0.4, -0.2) is 31.0 Å². The van der Waals surface area contributed by atoms with Crippen LogP contribution in [-0.2, 0) is 11.2 Å². The third-order valence-corrected chi connectivity index (χ3v) is 4.14. The van der Waals surface area contributed by atoms with Crippen molar-refractivity contribution in [3.05, 3.63) is 57.7 Å². The Morgan fingerprint density at radius 3 is 2.81 bits per heavy atom. The summed E-state index contributed by atoms with van der Waals surface area (Å²) >= 11 is 0. The maximum atomic E-state index is 12.3. The lowest BCUT2D eigenvalue weighted by Gasteiger charge is -2.11. The van der Waals surface area contributed by atoms with Crippen LogP contribution in [0.2, 0.25) is 0 Å². The fourth-order valence-electron chi connectivity index (χ4n) is 2.75. The highest BCUT2D eigenvalue weighted by molar-refractivity contribution is 5.76. The van der Waals surface area contributed by atoms with Crippen LogP contribution in [0.3, 0.4) is 0 Å². The van der Waals surface area contributed by atoms with Crippen molar-refractivity contribution in [2.45, 2.75) is 39.7 Å². The van der Waals surface area contributed by atoms with E-state index in [9.17, 15) is 9.59 Å². The van der Waals surface area contributed by atoms with Crippen molar-refractivity contribution in [2.24, 2.45) is 0 Å². The molecule has 0 bridgehead atoms. The van der Waals surface area contributed by atoms with Crippen LogP contribution < -0.4 is 11.0 Å². The molecule has 0 aliphatic carbocycles. The van der Waals surface area contributed by atoms with Gasteiger partial charge >= 0.3 is 5.69 Å². The summed E-state index contributed by atoms with van der Waals surface area (Å²) in [6.45, 7) is 5.32. The van der Waals surface area contributed by atoms with Crippen LogP contribution in [0.1, 0.15) is 42.2 Å². The van der Waals surface area contributed by atoms with Gasteiger partial charge in [0.05, 0.1) is 0 Å². The number of hydrogen-bond donors (Lipinski definition) is 2. The number of amides is 1. The second kappa shape index (κ2) is 7.90. The molecule has 3 aromatic rings. The van der Waals surface area contributed by atoms with Crippen molar-refractivity contribution in [3.8, 4) is 11.5 Å². The van der Waals surface area contributed by atoms with Gasteiger partial charge in [0, 0.05) is 24.0 Å². The fraction of sp³-hybridized carbons (Fsp3) is 0.333. The number of aromatic nitrogens is 5. The van der Waals surface area contributed by atoms with Crippen molar-refractivity contribution in [3.63, 3.8) is 0 Å². The fourth-order valence-corrected chi connectivity index (χ4v) is 2.75. The number of aryl methyl sites for hydroxylation is 2. The molecule has 1 atom stereocenters. The molecule has 27 heavy (non-hydrogen) atoms. The first-order chi connectivity index (χ1) is 12.9. The molecule has 0 saturated carbocycles. The summed E-state index contributed by atoms with van der Waals surface area (Å²) in [5.74, 6) is 0.518. The zero-order chi connectivity index (χ0) is 19.4. The third-order valence-electron chi connectivity index (χ3n) is 4.14. The molecular formula is C18H20N6O3. The van der Waals surface area contributed by atoms with Crippen molar-refractivity contribution in [1.82, 2.24) is 30.4 Å². The molecule has 1 amide bonds. The van der Waals surface area contributed by atoms with Gasteiger partial charge in [-0.2, -0.15) is 9.97 Å². The van der Waals surface area contributed by atoms with Gasteiger partial charge < -0.3 is 14.8 Å². The monoisotopic (exact) mass is 368 g/mol. The molecule has 3 aromatic heterocycles. The Labute approximate surface area is 155 Å². The summed E-state index contributed by atoms with van der Waals surface area (Å²) in [5.41, 5.74) is 2.45. The van der Waals surface area contributed by atoms with E-state index in [1.165, 1.54) is 0 Å². The minimum atomic E-state index is -0.432. The van der Waals surface area contributed by atoms with E-state index in [0.717, 1.165) is 11.3 Å². The van der Waals surface area contributed by atoms with Gasteiger partial charge in [-0.15, -0.1) is 0 Å². The van der Waals surface area contributed by atoms with Gasteiger partial charge in [0.2, 0.25) is 17.6 Å². The molecular weight excluding hydrogens is 348 g/mol. The lowest BCUT2D eigenvalue weighted by Crippen LogP contribution is -2.27. The predicted molar refractivity (Wildman–Crippen MR) is 96.7 cm³/mol. The molecule has 0 radical (unpaired) electrons. The molecule has 0 aliphatic rings. The average Bonchev–Trinajstić information content (AvgIpc) is 3.12. The average molecular weight is 368 g/mol. The molecule has 0 aliphatic heterocycles. The van der Waals surface area contributed by atoms with E-state index < -0.39 is 6.04 Å². The number of aromatic amines is 1. The molecule has 0 aromatic carbocycles. The Hall–Kier alpha value is -3.36. The van der Waals surface area contributed by atoms with Gasteiger partial charge in [0.15, 0.2) is 0 Å². The van der Waals surface area contributed by atoms with Crippen LogP contribution in [0, 0.1) is 13.8 Å². The number of carbonyl (C=O) groups excluding carboxylic acids is 1. The quantitative estimate of drug-likeness (QED) is 0.677. The van der Waals surface area contributed by atoms with E-state index >= 15 is 0 Å². The standard InChI is InChI=1S/C18H20N6O3/c1-10-13(11(2)22-18(26)21-10)7-8-15(25)20-12(3)17-23-16(24-27-17)14-6-4-5-9-19-14/h4-6,9,12H,7-8H2,1-3H3,(H,20,25)(H,21,22,26)/t12-/m0/s1. The molecule has 0 saturated heterocycles. The van der Waals surface area contributed by atoms with Crippen molar-refractivity contribution >= 4 is 5.91 Å². The van der Waals surface area contributed by atoms with Gasteiger partial charge in [-0.1, -0.05) is 11.2 Å². The van der Waals surface area contributed by atoms with E-state index in [0.29, 0.717) is 29.5 Å². The van der Waals surface area contributed by atoms with Crippen molar-refractivity contribution in [1.29, 1.82) is 0 Å². The van der Waals surface area contributed by atoms with Crippen LogP contribution in [0.25, 0.3) is 11.5 Å². The maximum absolute atomic E-state index is 12.3. The minimum absolute atomic E-state index is 0.162. The van der Waals surface area contributed by atoms with Crippen molar-refractivity contribution in [2.75, 3.05) is 0 Å².